The average molecular weight is 425 g/mol. The normalized spacial score (nSPS) is 21.4. The molecule has 6 nitrogen and oxygen atoms in total. The molecule has 1 aliphatic rings. The van der Waals surface area contributed by atoms with Gasteiger partial charge in [0, 0.05) is 23.4 Å². The van der Waals surface area contributed by atoms with Crippen molar-refractivity contribution in [3.8, 4) is 17.7 Å². The number of fused-ring (bicyclic) bond motifs is 1. The Hall–Kier alpha value is -3.15. The third-order valence-electron chi connectivity index (χ3n) is 4.27. The molecule has 0 aromatic heterocycles. The summed E-state index contributed by atoms with van der Waals surface area (Å²) in [6.45, 7) is 6.93. The maximum Gasteiger partial charge on any atom is 0.312 e. The number of hydrogen-bond donors (Lipinski definition) is 1. The van der Waals surface area contributed by atoms with Gasteiger partial charge in [0.2, 0.25) is 6.19 Å². The summed E-state index contributed by atoms with van der Waals surface area (Å²) < 4.78 is 77.8. The number of nitrogens with zero attached hydrogens (tertiary/aromatic N) is 3. The van der Waals surface area contributed by atoms with Crippen molar-refractivity contribution in [2.75, 3.05) is 6.26 Å². The molecule has 0 amide bonds. The second kappa shape index (κ2) is 7.03. The first-order valence-electron chi connectivity index (χ1n) is 7.86. The number of ether oxygens (including phenoxy) is 1. The van der Waals surface area contributed by atoms with Crippen LogP contribution in [-0.2, 0) is 9.73 Å². The Morgan fingerprint density at radius 1 is 1.34 bits per heavy atom. The van der Waals surface area contributed by atoms with Crippen LogP contribution in [-0.4, -0.2) is 21.5 Å². The Morgan fingerprint density at radius 2 is 2.03 bits per heavy atom. The SMILES string of the molecule is [C-]#[N+]c1cc(F)cc(Oc2ccc(S(C)(=O)=NC#N)c3c2[C@@H](F)C(F)(F)[C@H]3O)c1. The molecule has 0 bridgehead atoms. The summed E-state index contributed by atoms with van der Waals surface area (Å²) in [6, 6.07) is 4.91. The van der Waals surface area contributed by atoms with Crippen molar-refractivity contribution < 1.29 is 31.6 Å². The maximum atomic E-state index is 14.6. The van der Waals surface area contributed by atoms with Crippen molar-refractivity contribution in [1.82, 2.24) is 0 Å². The van der Waals surface area contributed by atoms with Crippen LogP contribution in [0.25, 0.3) is 4.85 Å². The van der Waals surface area contributed by atoms with Gasteiger partial charge in [-0.3, -0.25) is 0 Å². The lowest BCUT2D eigenvalue weighted by Gasteiger charge is -2.16. The van der Waals surface area contributed by atoms with Crippen LogP contribution in [0.5, 0.6) is 11.5 Å². The third kappa shape index (κ3) is 3.39. The molecule has 2 aromatic rings. The molecule has 1 unspecified atom stereocenters. The van der Waals surface area contributed by atoms with Gasteiger partial charge in [0.1, 0.15) is 23.4 Å². The lowest BCUT2D eigenvalue weighted by atomic mass is 10.1. The summed E-state index contributed by atoms with van der Waals surface area (Å²) in [5.41, 5.74) is -1.62. The number of benzene rings is 2. The summed E-state index contributed by atoms with van der Waals surface area (Å²) in [6.07, 6.45) is -3.39. The molecule has 3 rings (SSSR count). The van der Waals surface area contributed by atoms with Crippen molar-refractivity contribution in [3.05, 3.63) is 58.7 Å². The van der Waals surface area contributed by atoms with Gasteiger partial charge >= 0.3 is 5.92 Å². The summed E-state index contributed by atoms with van der Waals surface area (Å²) >= 11 is 0. The lowest BCUT2D eigenvalue weighted by Crippen LogP contribution is -2.24. The number of aliphatic hydroxyl groups excluding tert-OH is 1. The van der Waals surface area contributed by atoms with Gasteiger partial charge in [-0.1, -0.05) is 0 Å². The van der Waals surface area contributed by atoms with E-state index in [1.165, 1.54) is 6.19 Å². The Morgan fingerprint density at radius 3 is 2.66 bits per heavy atom. The third-order valence-corrected chi connectivity index (χ3v) is 5.87. The Kier molecular flexibility index (Phi) is 4.99. The van der Waals surface area contributed by atoms with E-state index in [9.17, 15) is 26.9 Å². The monoisotopic (exact) mass is 425 g/mol. The fourth-order valence-electron chi connectivity index (χ4n) is 3.01. The molecule has 29 heavy (non-hydrogen) atoms. The first-order valence-corrected chi connectivity index (χ1v) is 9.78. The van der Waals surface area contributed by atoms with Crippen LogP contribution in [0.15, 0.2) is 39.6 Å². The van der Waals surface area contributed by atoms with Crippen LogP contribution in [0, 0.1) is 23.8 Å². The summed E-state index contributed by atoms with van der Waals surface area (Å²) in [7, 11) is -3.55. The van der Waals surface area contributed by atoms with Crippen LogP contribution < -0.4 is 4.74 Å². The van der Waals surface area contributed by atoms with E-state index in [0.29, 0.717) is 0 Å². The first kappa shape index (κ1) is 20.6. The van der Waals surface area contributed by atoms with E-state index in [1.54, 1.807) is 0 Å². The largest absolute Gasteiger partial charge is 0.458 e. The molecule has 0 aliphatic heterocycles. The second-order valence-electron chi connectivity index (χ2n) is 6.18. The van der Waals surface area contributed by atoms with Crippen LogP contribution in [0.2, 0.25) is 0 Å². The molecule has 0 fully saturated rings. The number of nitriles is 1. The van der Waals surface area contributed by atoms with Gasteiger partial charge in [-0.25, -0.2) is 17.8 Å². The molecule has 0 saturated heterocycles. The average Bonchev–Trinajstić information content (AvgIpc) is 2.82. The van der Waals surface area contributed by atoms with Gasteiger partial charge in [-0.15, -0.1) is 4.36 Å². The zero-order valence-corrected chi connectivity index (χ0v) is 15.4. The van der Waals surface area contributed by atoms with E-state index < -0.39 is 55.5 Å². The highest BCUT2D eigenvalue weighted by Crippen LogP contribution is 2.57. The van der Waals surface area contributed by atoms with E-state index in [4.69, 9.17) is 16.6 Å². The number of halogens is 4. The van der Waals surface area contributed by atoms with Gasteiger partial charge in [-0.05, 0) is 24.3 Å². The second-order valence-corrected chi connectivity index (χ2v) is 8.41. The number of alkyl halides is 3. The fraction of sp³-hybridized carbons (Fsp3) is 0.222. The van der Waals surface area contributed by atoms with Gasteiger partial charge in [-0.2, -0.15) is 14.0 Å². The molecular formula is C18H11F4N3O3S. The minimum absolute atomic E-state index is 0.139. The Balaban J connectivity index is 2.25. The first-order chi connectivity index (χ1) is 13.5. The molecule has 11 heteroatoms. The Labute approximate surface area is 163 Å². The minimum atomic E-state index is -4.26. The van der Waals surface area contributed by atoms with Gasteiger partial charge in [0.25, 0.3) is 0 Å². The molecular weight excluding hydrogens is 414 g/mol. The molecule has 150 valence electrons. The number of rotatable bonds is 3. The summed E-state index contributed by atoms with van der Waals surface area (Å²) in [5.74, 6) is -5.85. The van der Waals surface area contributed by atoms with E-state index in [1.807, 2.05) is 0 Å². The van der Waals surface area contributed by atoms with Crippen molar-refractivity contribution in [3.63, 3.8) is 0 Å². The predicted molar refractivity (Wildman–Crippen MR) is 93.3 cm³/mol. The highest BCUT2D eigenvalue weighted by atomic mass is 32.2. The smallest absolute Gasteiger partial charge is 0.312 e. The van der Waals surface area contributed by atoms with E-state index in [-0.39, 0.29) is 11.4 Å². The van der Waals surface area contributed by atoms with E-state index in [0.717, 1.165) is 36.6 Å². The molecule has 0 radical (unpaired) electrons. The summed E-state index contributed by atoms with van der Waals surface area (Å²) in [5, 5.41) is 18.7. The van der Waals surface area contributed by atoms with Crippen molar-refractivity contribution in [2.24, 2.45) is 4.36 Å². The zero-order chi connectivity index (χ0) is 21.6. The standard InChI is InChI=1S/C18H11F4N3O3S/c1-24-10-5-9(19)6-11(7-10)28-12-3-4-13(29(2,27)25-8-23)15-14(12)16(20)18(21,22)17(15)26/h3-7,16-17,26H,2H3/t16-,17+,29?/m1/s1. The highest BCUT2D eigenvalue weighted by molar-refractivity contribution is 7.93. The maximum absolute atomic E-state index is 14.6. The Bertz CT molecular complexity index is 1210. The molecule has 0 heterocycles. The molecule has 0 saturated carbocycles. The van der Waals surface area contributed by atoms with Crippen molar-refractivity contribution >= 4 is 15.4 Å². The lowest BCUT2D eigenvalue weighted by molar-refractivity contribution is -0.143. The predicted octanol–water partition coefficient (Wildman–Crippen LogP) is 4.80. The van der Waals surface area contributed by atoms with Gasteiger partial charge in [0.15, 0.2) is 11.9 Å². The van der Waals surface area contributed by atoms with Crippen LogP contribution in [0.4, 0.5) is 23.2 Å². The molecule has 2 aromatic carbocycles. The molecule has 1 aliphatic carbocycles. The van der Waals surface area contributed by atoms with Gasteiger partial charge < -0.3 is 9.84 Å². The van der Waals surface area contributed by atoms with Crippen molar-refractivity contribution in [1.29, 1.82) is 5.26 Å². The van der Waals surface area contributed by atoms with Crippen LogP contribution in [0.3, 0.4) is 0 Å². The van der Waals surface area contributed by atoms with Crippen LogP contribution >= 0.6 is 0 Å². The van der Waals surface area contributed by atoms with E-state index >= 15 is 0 Å². The molecule has 1 N–H and O–H groups in total. The molecule has 3 atom stereocenters. The number of hydrogen-bond acceptors (Lipinski definition) is 5. The van der Waals surface area contributed by atoms with E-state index in [2.05, 4.69) is 9.21 Å². The van der Waals surface area contributed by atoms with Crippen LogP contribution in [0.1, 0.15) is 23.4 Å². The zero-order valence-electron chi connectivity index (χ0n) is 14.6. The fourth-order valence-corrected chi connectivity index (χ4v) is 4.21. The summed E-state index contributed by atoms with van der Waals surface area (Å²) in [4.78, 5) is 2.60. The minimum Gasteiger partial charge on any atom is -0.458 e. The molecule has 0 spiro atoms. The highest BCUT2D eigenvalue weighted by Gasteiger charge is 2.58. The topological polar surface area (TPSA) is 87.0 Å². The number of aliphatic hydroxyl groups is 1. The van der Waals surface area contributed by atoms with Gasteiger partial charge in [0.05, 0.1) is 21.2 Å². The van der Waals surface area contributed by atoms with Crippen molar-refractivity contribution in [2.45, 2.75) is 23.1 Å². The quantitative estimate of drug-likeness (QED) is 0.435.